The fraction of sp³-hybridized carbons (Fsp3) is 0.538. The molecule has 19 heavy (non-hydrogen) atoms. The average Bonchev–Trinajstić information content (AvgIpc) is 2.38. The highest BCUT2D eigenvalue weighted by atomic mass is 32.2. The van der Waals surface area contributed by atoms with Crippen LogP contribution < -0.4 is 9.46 Å². The molecule has 0 saturated heterocycles. The highest BCUT2D eigenvalue weighted by molar-refractivity contribution is 7.89. The van der Waals surface area contributed by atoms with Crippen molar-refractivity contribution in [1.82, 2.24) is 4.72 Å². The number of aryl methyl sites for hydroxylation is 1. The summed E-state index contributed by atoms with van der Waals surface area (Å²) in [7, 11) is -2.21. The lowest BCUT2D eigenvalue weighted by Gasteiger charge is -2.17. The molecule has 108 valence electrons. The van der Waals surface area contributed by atoms with Crippen LogP contribution in [0, 0.1) is 6.92 Å². The SMILES string of the molecule is CCC(CCO)NS(=O)(=O)c1cc(C)ccc1OC. The summed E-state index contributed by atoms with van der Waals surface area (Å²) in [6.07, 6.45) is 1.01. The fourth-order valence-corrected chi connectivity index (χ4v) is 3.39. The molecule has 0 aliphatic heterocycles. The second-order valence-corrected chi connectivity index (χ2v) is 6.08. The van der Waals surface area contributed by atoms with Gasteiger partial charge in [-0.25, -0.2) is 13.1 Å². The molecule has 0 spiro atoms. The topological polar surface area (TPSA) is 75.6 Å². The Morgan fingerprint density at radius 1 is 1.42 bits per heavy atom. The van der Waals surface area contributed by atoms with Gasteiger partial charge in [0.1, 0.15) is 10.6 Å². The first-order chi connectivity index (χ1) is 8.94. The number of methoxy groups -OCH3 is 1. The first-order valence-corrected chi connectivity index (χ1v) is 7.70. The number of nitrogens with one attached hydrogen (secondary N) is 1. The first kappa shape index (κ1) is 15.9. The molecule has 0 saturated carbocycles. The number of hydrogen-bond acceptors (Lipinski definition) is 4. The molecule has 0 aliphatic rings. The van der Waals surface area contributed by atoms with Crippen molar-refractivity contribution in [3.8, 4) is 5.75 Å². The molecule has 0 fully saturated rings. The molecule has 1 aromatic carbocycles. The molecule has 1 unspecified atom stereocenters. The lowest BCUT2D eigenvalue weighted by Crippen LogP contribution is -2.35. The van der Waals surface area contributed by atoms with Crippen LogP contribution in [0.4, 0.5) is 0 Å². The summed E-state index contributed by atoms with van der Waals surface area (Å²) < 4.78 is 32.4. The molecule has 2 N–H and O–H groups in total. The van der Waals surface area contributed by atoms with E-state index in [-0.39, 0.29) is 17.5 Å². The van der Waals surface area contributed by atoms with Crippen LogP contribution in [-0.2, 0) is 10.0 Å². The molecule has 0 amide bonds. The van der Waals surface area contributed by atoms with Gasteiger partial charge in [-0.05, 0) is 37.5 Å². The van der Waals surface area contributed by atoms with Crippen LogP contribution in [0.25, 0.3) is 0 Å². The summed E-state index contributed by atoms with van der Waals surface area (Å²) >= 11 is 0. The van der Waals surface area contributed by atoms with Crippen LogP contribution in [0.5, 0.6) is 5.75 Å². The molecule has 0 aliphatic carbocycles. The van der Waals surface area contributed by atoms with Crippen LogP contribution in [0.3, 0.4) is 0 Å². The Morgan fingerprint density at radius 3 is 2.63 bits per heavy atom. The lowest BCUT2D eigenvalue weighted by molar-refractivity contribution is 0.270. The summed E-state index contributed by atoms with van der Waals surface area (Å²) in [5.74, 6) is 0.317. The summed E-state index contributed by atoms with van der Waals surface area (Å²) in [6, 6.07) is 4.73. The molecule has 0 radical (unpaired) electrons. The summed E-state index contributed by atoms with van der Waals surface area (Å²) in [6.45, 7) is 3.64. The zero-order valence-corrected chi connectivity index (χ0v) is 12.3. The Kier molecular flexibility index (Phi) is 5.78. The van der Waals surface area contributed by atoms with Gasteiger partial charge in [-0.2, -0.15) is 0 Å². The van der Waals surface area contributed by atoms with E-state index < -0.39 is 10.0 Å². The number of hydrogen-bond donors (Lipinski definition) is 2. The van der Waals surface area contributed by atoms with E-state index >= 15 is 0 Å². The molecule has 1 aromatic rings. The molecule has 5 nitrogen and oxygen atoms in total. The van der Waals surface area contributed by atoms with Crippen LogP contribution >= 0.6 is 0 Å². The highest BCUT2D eigenvalue weighted by Gasteiger charge is 2.22. The minimum absolute atomic E-state index is 0.0496. The van der Waals surface area contributed by atoms with Gasteiger partial charge < -0.3 is 9.84 Å². The third-order valence-corrected chi connectivity index (χ3v) is 4.44. The number of aliphatic hydroxyl groups excluding tert-OH is 1. The number of rotatable bonds is 7. The predicted octanol–water partition coefficient (Wildman–Crippen LogP) is 1.44. The van der Waals surface area contributed by atoms with Crippen LogP contribution in [0.15, 0.2) is 23.1 Å². The third kappa shape index (κ3) is 4.19. The van der Waals surface area contributed by atoms with Gasteiger partial charge >= 0.3 is 0 Å². The molecule has 0 heterocycles. The summed E-state index contributed by atoms with van der Waals surface area (Å²) in [5, 5.41) is 8.92. The number of ether oxygens (including phenoxy) is 1. The highest BCUT2D eigenvalue weighted by Crippen LogP contribution is 2.25. The van der Waals surface area contributed by atoms with E-state index in [1.165, 1.54) is 7.11 Å². The molecular weight excluding hydrogens is 266 g/mol. The van der Waals surface area contributed by atoms with E-state index in [1.807, 2.05) is 13.8 Å². The summed E-state index contributed by atoms with van der Waals surface area (Å²) in [5.41, 5.74) is 0.844. The maximum absolute atomic E-state index is 12.3. The monoisotopic (exact) mass is 287 g/mol. The molecule has 0 bridgehead atoms. The van der Waals surface area contributed by atoms with Gasteiger partial charge in [0.05, 0.1) is 7.11 Å². The third-order valence-electron chi connectivity index (χ3n) is 2.90. The summed E-state index contributed by atoms with van der Waals surface area (Å²) in [4.78, 5) is 0.131. The van der Waals surface area contributed by atoms with Crippen molar-refractivity contribution in [2.24, 2.45) is 0 Å². The molecular formula is C13H21NO4S. The number of benzene rings is 1. The van der Waals surface area contributed by atoms with Crippen LogP contribution in [0.1, 0.15) is 25.3 Å². The van der Waals surface area contributed by atoms with Crippen molar-refractivity contribution in [2.75, 3.05) is 13.7 Å². The lowest BCUT2D eigenvalue weighted by atomic mass is 10.2. The minimum Gasteiger partial charge on any atom is -0.495 e. The normalized spacial score (nSPS) is 13.3. The average molecular weight is 287 g/mol. The Balaban J connectivity index is 3.09. The van der Waals surface area contributed by atoms with E-state index in [1.54, 1.807) is 18.2 Å². The second-order valence-electron chi connectivity index (χ2n) is 4.39. The van der Waals surface area contributed by atoms with Gasteiger partial charge in [0, 0.05) is 12.6 Å². The van der Waals surface area contributed by atoms with Gasteiger partial charge in [0.25, 0.3) is 0 Å². The molecule has 1 rings (SSSR count). The first-order valence-electron chi connectivity index (χ1n) is 6.22. The van der Waals surface area contributed by atoms with Crippen molar-refractivity contribution in [2.45, 2.75) is 37.6 Å². The van der Waals surface area contributed by atoms with Crippen molar-refractivity contribution in [3.63, 3.8) is 0 Å². The molecule has 1 atom stereocenters. The quantitative estimate of drug-likeness (QED) is 0.795. The fourth-order valence-electron chi connectivity index (χ4n) is 1.78. The Morgan fingerprint density at radius 2 is 2.11 bits per heavy atom. The molecule has 0 aromatic heterocycles. The zero-order valence-electron chi connectivity index (χ0n) is 11.5. The Hall–Kier alpha value is -1.11. The second kappa shape index (κ2) is 6.88. The molecule has 6 heteroatoms. The van der Waals surface area contributed by atoms with E-state index in [2.05, 4.69) is 4.72 Å². The van der Waals surface area contributed by atoms with Gasteiger partial charge in [-0.1, -0.05) is 13.0 Å². The largest absolute Gasteiger partial charge is 0.495 e. The maximum Gasteiger partial charge on any atom is 0.244 e. The predicted molar refractivity (Wildman–Crippen MR) is 73.8 cm³/mol. The number of sulfonamides is 1. The van der Waals surface area contributed by atoms with Gasteiger partial charge in [0.15, 0.2) is 0 Å². The number of aliphatic hydroxyl groups is 1. The zero-order chi connectivity index (χ0) is 14.5. The standard InChI is InChI=1S/C13H21NO4S/c1-4-11(7-8-15)14-19(16,17)13-9-10(2)5-6-12(13)18-3/h5-6,9,11,14-15H,4,7-8H2,1-3H3. The van der Waals surface area contributed by atoms with Crippen LogP contribution in [0.2, 0.25) is 0 Å². The van der Waals surface area contributed by atoms with E-state index in [9.17, 15) is 8.42 Å². The maximum atomic E-state index is 12.3. The van der Waals surface area contributed by atoms with Crippen molar-refractivity contribution in [1.29, 1.82) is 0 Å². The van der Waals surface area contributed by atoms with Gasteiger partial charge in [-0.3, -0.25) is 0 Å². The van der Waals surface area contributed by atoms with Crippen molar-refractivity contribution >= 4 is 10.0 Å². The van der Waals surface area contributed by atoms with Crippen molar-refractivity contribution < 1.29 is 18.3 Å². The minimum atomic E-state index is -3.65. The van der Waals surface area contributed by atoms with Crippen molar-refractivity contribution in [3.05, 3.63) is 23.8 Å². The van der Waals surface area contributed by atoms with E-state index in [0.29, 0.717) is 18.6 Å². The Bertz CT molecular complexity index is 513. The van der Waals surface area contributed by atoms with Gasteiger partial charge in [0.2, 0.25) is 10.0 Å². The van der Waals surface area contributed by atoms with E-state index in [0.717, 1.165) is 5.56 Å². The Labute approximate surface area is 114 Å². The van der Waals surface area contributed by atoms with Gasteiger partial charge in [-0.15, -0.1) is 0 Å². The smallest absolute Gasteiger partial charge is 0.244 e. The van der Waals surface area contributed by atoms with Crippen LogP contribution in [-0.4, -0.2) is 33.3 Å². The van der Waals surface area contributed by atoms with E-state index in [4.69, 9.17) is 9.84 Å².